The van der Waals surface area contributed by atoms with Crippen LogP contribution < -0.4 is 10.2 Å². The van der Waals surface area contributed by atoms with Gasteiger partial charge in [0, 0.05) is 11.1 Å². The summed E-state index contributed by atoms with van der Waals surface area (Å²) < 4.78 is 5.71. The summed E-state index contributed by atoms with van der Waals surface area (Å²) in [6.45, 7) is 2.90. The van der Waals surface area contributed by atoms with Crippen molar-refractivity contribution in [1.82, 2.24) is 15.4 Å². The van der Waals surface area contributed by atoms with Gasteiger partial charge in [0.1, 0.15) is 11.6 Å². The number of hydrogen-bond acceptors (Lipinski definition) is 4. The van der Waals surface area contributed by atoms with Crippen LogP contribution in [0.4, 0.5) is 0 Å². The molecule has 0 spiro atoms. The molecule has 162 valence electrons. The predicted octanol–water partition coefficient (Wildman–Crippen LogP) is 5.56. The molecule has 1 aromatic heterocycles. The van der Waals surface area contributed by atoms with Gasteiger partial charge in [-0.2, -0.15) is 5.10 Å². The molecule has 0 aliphatic heterocycles. The monoisotopic (exact) mass is 426 g/mol. The van der Waals surface area contributed by atoms with Crippen molar-refractivity contribution in [3.8, 4) is 17.1 Å². The fourth-order valence-electron chi connectivity index (χ4n) is 3.31. The Balaban J connectivity index is 1.35. The van der Waals surface area contributed by atoms with Gasteiger partial charge < -0.3 is 9.72 Å². The van der Waals surface area contributed by atoms with E-state index in [1.54, 1.807) is 18.3 Å². The number of hydrogen-bond donors (Lipinski definition) is 2. The molecule has 0 aliphatic rings. The van der Waals surface area contributed by atoms with Gasteiger partial charge in [0.15, 0.2) is 0 Å². The van der Waals surface area contributed by atoms with E-state index in [2.05, 4.69) is 27.4 Å². The number of fused-ring (bicyclic) bond motifs is 1. The smallest absolute Gasteiger partial charge is 0.271 e. The summed E-state index contributed by atoms with van der Waals surface area (Å²) in [5.41, 5.74) is 6.57. The van der Waals surface area contributed by atoms with Gasteiger partial charge in [0.25, 0.3) is 5.91 Å². The number of H-pyrrole nitrogens is 1. The van der Waals surface area contributed by atoms with Crippen LogP contribution in [0.3, 0.4) is 0 Å². The summed E-state index contributed by atoms with van der Waals surface area (Å²) in [4.78, 5) is 20.4. The van der Waals surface area contributed by atoms with E-state index in [-0.39, 0.29) is 5.91 Å². The Morgan fingerprint density at radius 3 is 2.66 bits per heavy atom. The van der Waals surface area contributed by atoms with E-state index in [4.69, 9.17) is 4.74 Å². The van der Waals surface area contributed by atoms with Crippen molar-refractivity contribution in [2.75, 3.05) is 6.61 Å². The van der Waals surface area contributed by atoms with Crippen molar-refractivity contribution in [2.24, 2.45) is 5.10 Å². The molecule has 1 amide bonds. The first-order valence-corrected chi connectivity index (χ1v) is 10.8. The molecule has 0 bridgehead atoms. The van der Waals surface area contributed by atoms with Crippen LogP contribution in [0.1, 0.15) is 42.1 Å². The third-order valence-corrected chi connectivity index (χ3v) is 5.07. The van der Waals surface area contributed by atoms with Gasteiger partial charge in [-0.3, -0.25) is 4.79 Å². The lowest BCUT2D eigenvalue weighted by atomic mass is 10.2. The Bertz CT molecular complexity index is 1200. The lowest BCUT2D eigenvalue weighted by molar-refractivity contribution is 0.0955. The van der Waals surface area contributed by atoms with Crippen molar-refractivity contribution >= 4 is 23.2 Å². The fourth-order valence-corrected chi connectivity index (χ4v) is 3.31. The number of unbranched alkanes of at least 4 members (excludes halogenated alkanes) is 2. The van der Waals surface area contributed by atoms with E-state index in [0.29, 0.717) is 5.56 Å². The molecule has 4 rings (SSSR count). The number of amides is 1. The standard InChI is InChI=1S/C26H26N4O2/c1-2-3-7-16-32-22-13-10-19(11-14-22)18-27-30-26(31)21-12-15-23-24(17-21)29-25(28-23)20-8-5-4-6-9-20/h4-6,8-15,17-18H,2-3,7,16H2,1H3,(H,28,29)(H,30,31)/b27-18+. The molecule has 32 heavy (non-hydrogen) atoms. The minimum absolute atomic E-state index is 0.283. The third-order valence-electron chi connectivity index (χ3n) is 5.07. The van der Waals surface area contributed by atoms with Crippen LogP contribution in [0.5, 0.6) is 5.75 Å². The van der Waals surface area contributed by atoms with E-state index in [1.807, 2.05) is 60.7 Å². The number of nitrogens with one attached hydrogen (secondary N) is 2. The predicted molar refractivity (Wildman–Crippen MR) is 128 cm³/mol. The molecule has 6 nitrogen and oxygen atoms in total. The van der Waals surface area contributed by atoms with Crippen LogP contribution in [0.2, 0.25) is 0 Å². The molecular weight excluding hydrogens is 400 g/mol. The largest absolute Gasteiger partial charge is 0.494 e. The van der Waals surface area contributed by atoms with Crippen LogP contribution in [-0.2, 0) is 0 Å². The van der Waals surface area contributed by atoms with Gasteiger partial charge >= 0.3 is 0 Å². The van der Waals surface area contributed by atoms with Crippen molar-refractivity contribution in [3.05, 3.63) is 83.9 Å². The first kappa shape index (κ1) is 21.3. The molecule has 0 atom stereocenters. The number of carbonyl (C=O) groups is 1. The number of carbonyl (C=O) groups excluding carboxylic acids is 1. The zero-order valence-corrected chi connectivity index (χ0v) is 18.0. The summed E-state index contributed by atoms with van der Waals surface area (Å²) in [6.07, 6.45) is 5.02. The topological polar surface area (TPSA) is 79.4 Å². The Morgan fingerprint density at radius 1 is 1.06 bits per heavy atom. The number of hydrazone groups is 1. The molecule has 0 aliphatic carbocycles. The number of aromatic nitrogens is 2. The maximum absolute atomic E-state index is 12.5. The van der Waals surface area contributed by atoms with E-state index in [0.717, 1.165) is 46.8 Å². The van der Waals surface area contributed by atoms with Crippen LogP contribution in [0.15, 0.2) is 77.9 Å². The highest BCUT2D eigenvalue weighted by Gasteiger charge is 2.09. The van der Waals surface area contributed by atoms with Crippen molar-refractivity contribution in [1.29, 1.82) is 0 Å². The highest BCUT2D eigenvalue weighted by atomic mass is 16.5. The number of imidazole rings is 1. The molecular formula is C26H26N4O2. The maximum atomic E-state index is 12.5. The average Bonchev–Trinajstić information content (AvgIpc) is 3.27. The number of aromatic amines is 1. The fraction of sp³-hybridized carbons (Fsp3) is 0.192. The third kappa shape index (κ3) is 5.40. The molecule has 0 fully saturated rings. The first-order chi connectivity index (χ1) is 15.7. The quantitative estimate of drug-likeness (QED) is 0.209. The zero-order chi connectivity index (χ0) is 22.2. The molecule has 0 saturated carbocycles. The highest BCUT2D eigenvalue weighted by Crippen LogP contribution is 2.21. The summed E-state index contributed by atoms with van der Waals surface area (Å²) in [5, 5.41) is 4.08. The van der Waals surface area contributed by atoms with Crippen LogP contribution in [0.25, 0.3) is 22.4 Å². The lowest BCUT2D eigenvalue weighted by Gasteiger charge is -2.05. The van der Waals surface area contributed by atoms with Crippen LogP contribution >= 0.6 is 0 Å². The van der Waals surface area contributed by atoms with E-state index in [9.17, 15) is 4.79 Å². The Morgan fingerprint density at radius 2 is 1.88 bits per heavy atom. The van der Waals surface area contributed by atoms with Gasteiger partial charge in [-0.15, -0.1) is 0 Å². The Kier molecular flexibility index (Phi) is 6.92. The minimum atomic E-state index is -0.283. The van der Waals surface area contributed by atoms with E-state index >= 15 is 0 Å². The molecule has 0 saturated heterocycles. The zero-order valence-electron chi connectivity index (χ0n) is 18.0. The second-order valence-corrected chi connectivity index (χ2v) is 7.51. The Hall–Kier alpha value is -3.93. The summed E-state index contributed by atoms with van der Waals surface area (Å²) in [7, 11) is 0. The summed E-state index contributed by atoms with van der Waals surface area (Å²) in [5.74, 6) is 1.33. The molecule has 4 aromatic rings. The van der Waals surface area contributed by atoms with Crippen molar-refractivity contribution in [2.45, 2.75) is 26.2 Å². The van der Waals surface area contributed by atoms with Crippen molar-refractivity contribution in [3.63, 3.8) is 0 Å². The molecule has 3 aromatic carbocycles. The maximum Gasteiger partial charge on any atom is 0.271 e. The summed E-state index contributed by atoms with van der Waals surface area (Å²) in [6, 6.07) is 22.9. The SMILES string of the molecule is CCCCCOc1ccc(/C=N/NC(=O)c2ccc3nc(-c4ccccc4)[nH]c3c2)cc1. The highest BCUT2D eigenvalue weighted by molar-refractivity contribution is 5.98. The van der Waals surface area contributed by atoms with Gasteiger partial charge in [0.2, 0.25) is 0 Å². The van der Waals surface area contributed by atoms with Gasteiger partial charge in [-0.05, 0) is 54.4 Å². The molecule has 0 radical (unpaired) electrons. The lowest BCUT2D eigenvalue weighted by Crippen LogP contribution is -2.17. The molecule has 6 heteroatoms. The van der Waals surface area contributed by atoms with Gasteiger partial charge in [-0.25, -0.2) is 10.4 Å². The number of ether oxygens (including phenoxy) is 1. The molecule has 2 N–H and O–H groups in total. The van der Waals surface area contributed by atoms with E-state index in [1.165, 1.54) is 12.8 Å². The minimum Gasteiger partial charge on any atom is -0.494 e. The Labute approximate surface area is 187 Å². The van der Waals surface area contributed by atoms with E-state index < -0.39 is 0 Å². The second kappa shape index (κ2) is 10.4. The van der Waals surface area contributed by atoms with Gasteiger partial charge in [-0.1, -0.05) is 50.1 Å². The molecule has 0 unspecified atom stereocenters. The van der Waals surface area contributed by atoms with Gasteiger partial charge in [0.05, 0.1) is 23.9 Å². The first-order valence-electron chi connectivity index (χ1n) is 10.8. The van der Waals surface area contributed by atoms with Crippen LogP contribution in [0, 0.1) is 0 Å². The second-order valence-electron chi connectivity index (χ2n) is 7.51. The number of nitrogens with zero attached hydrogens (tertiary/aromatic N) is 2. The molecule has 1 heterocycles. The van der Waals surface area contributed by atoms with Crippen LogP contribution in [-0.4, -0.2) is 28.7 Å². The summed E-state index contributed by atoms with van der Waals surface area (Å²) >= 11 is 0. The van der Waals surface area contributed by atoms with Crippen molar-refractivity contribution < 1.29 is 9.53 Å². The normalized spacial score (nSPS) is 11.2. The number of benzene rings is 3. The number of rotatable bonds is 9. The average molecular weight is 427 g/mol.